The lowest BCUT2D eigenvalue weighted by molar-refractivity contribution is 0.102. The Morgan fingerprint density at radius 2 is 1.86 bits per heavy atom. The van der Waals surface area contributed by atoms with Crippen molar-refractivity contribution in [1.29, 1.82) is 0 Å². The molecule has 1 heterocycles. The van der Waals surface area contributed by atoms with Gasteiger partial charge in [0.2, 0.25) is 5.95 Å². The molecule has 192 valence electrons. The van der Waals surface area contributed by atoms with E-state index < -0.39 is 0 Å². The minimum atomic E-state index is -0.239. The predicted molar refractivity (Wildman–Crippen MR) is 148 cm³/mol. The molecular formula is C29H33N5O3. The topological polar surface area (TPSA) is 103 Å². The zero-order valence-corrected chi connectivity index (χ0v) is 21.7. The molecule has 1 amide bonds. The second kappa shape index (κ2) is 11.7. The number of nitrogens with zero attached hydrogens (tertiary/aromatic N) is 3. The standard InChI is InChI=1S/C29H33N5O3/c1-5-34(6-2)13-14-37-23-10-12-27(36-4)26(17-23)32-28(35)21-8-7-19(3)24(16-21)20-9-11-25-22(15-20)18-31-29(30)33-25/h7-12,15-18H,5-6,13-14H2,1-4H3,(H,32,35)(H2,30,31,33). The molecule has 3 aromatic carbocycles. The number of methoxy groups -OCH3 is 1. The number of hydrogen-bond donors (Lipinski definition) is 2. The molecule has 0 unspecified atom stereocenters. The number of nitrogens with two attached hydrogens (primary N) is 1. The van der Waals surface area contributed by atoms with Gasteiger partial charge in [0.25, 0.3) is 5.91 Å². The summed E-state index contributed by atoms with van der Waals surface area (Å²) in [5, 5.41) is 3.86. The molecule has 0 bridgehead atoms. The maximum atomic E-state index is 13.3. The average Bonchev–Trinajstić information content (AvgIpc) is 2.91. The second-order valence-corrected chi connectivity index (χ2v) is 8.72. The van der Waals surface area contributed by atoms with Crippen LogP contribution in [0.5, 0.6) is 11.5 Å². The van der Waals surface area contributed by atoms with Gasteiger partial charge in [-0.3, -0.25) is 4.79 Å². The van der Waals surface area contributed by atoms with Crippen molar-refractivity contribution in [3.63, 3.8) is 0 Å². The lowest BCUT2D eigenvalue weighted by atomic mass is 9.97. The number of nitrogen functional groups attached to an aromatic ring is 1. The van der Waals surface area contributed by atoms with Gasteiger partial charge in [-0.2, -0.15) is 0 Å². The Morgan fingerprint density at radius 1 is 1.05 bits per heavy atom. The minimum Gasteiger partial charge on any atom is -0.495 e. The van der Waals surface area contributed by atoms with E-state index in [1.807, 2.05) is 49.4 Å². The Hall–Kier alpha value is -4.17. The van der Waals surface area contributed by atoms with E-state index in [0.29, 0.717) is 29.4 Å². The molecule has 8 nitrogen and oxygen atoms in total. The quantitative estimate of drug-likeness (QED) is 0.310. The molecule has 0 saturated heterocycles. The van der Waals surface area contributed by atoms with Crippen LogP contribution in [-0.4, -0.2) is 54.1 Å². The zero-order chi connectivity index (χ0) is 26.4. The minimum absolute atomic E-state index is 0.239. The van der Waals surface area contributed by atoms with Gasteiger partial charge in [0.05, 0.1) is 18.3 Å². The molecule has 3 N–H and O–H groups in total. The van der Waals surface area contributed by atoms with E-state index in [-0.39, 0.29) is 11.9 Å². The van der Waals surface area contributed by atoms with Crippen molar-refractivity contribution in [2.24, 2.45) is 0 Å². The van der Waals surface area contributed by atoms with Crippen molar-refractivity contribution in [1.82, 2.24) is 14.9 Å². The molecule has 1 aromatic heterocycles. The molecule has 0 atom stereocenters. The van der Waals surface area contributed by atoms with Gasteiger partial charge in [0.1, 0.15) is 18.1 Å². The number of nitrogens with one attached hydrogen (secondary N) is 1. The van der Waals surface area contributed by atoms with E-state index in [4.69, 9.17) is 15.2 Å². The van der Waals surface area contributed by atoms with E-state index in [1.165, 1.54) is 0 Å². The van der Waals surface area contributed by atoms with Gasteiger partial charge in [0.15, 0.2) is 0 Å². The number of rotatable bonds is 10. The monoisotopic (exact) mass is 499 g/mol. The van der Waals surface area contributed by atoms with Crippen LogP contribution < -0.4 is 20.5 Å². The van der Waals surface area contributed by atoms with Crippen molar-refractivity contribution in [2.45, 2.75) is 20.8 Å². The number of ether oxygens (including phenoxy) is 2. The smallest absolute Gasteiger partial charge is 0.255 e. The molecule has 0 radical (unpaired) electrons. The fourth-order valence-corrected chi connectivity index (χ4v) is 4.19. The molecule has 8 heteroatoms. The summed E-state index contributed by atoms with van der Waals surface area (Å²) < 4.78 is 11.4. The third-order valence-electron chi connectivity index (χ3n) is 6.40. The maximum Gasteiger partial charge on any atom is 0.255 e. The van der Waals surface area contributed by atoms with Crippen LogP contribution >= 0.6 is 0 Å². The highest BCUT2D eigenvalue weighted by Gasteiger charge is 2.14. The van der Waals surface area contributed by atoms with Crippen LogP contribution in [0.4, 0.5) is 11.6 Å². The molecule has 4 aromatic rings. The Bertz CT molecular complexity index is 1400. The van der Waals surface area contributed by atoms with E-state index in [1.54, 1.807) is 25.4 Å². The van der Waals surface area contributed by atoms with Gasteiger partial charge in [-0.15, -0.1) is 0 Å². The summed E-state index contributed by atoms with van der Waals surface area (Å²) in [6.45, 7) is 9.63. The summed E-state index contributed by atoms with van der Waals surface area (Å²) in [5.74, 6) is 1.23. The summed E-state index contributed by atoms with van der Waals surface area (Å²) in [5.41, 5.74) is 10.5. The second-order valence-electron chi connectivity index (χ2n) is 8.72. The molecule has 0 aliphatic carbocycles. The molecule has 4 rings (SSSR count). The van der Waals surface area contributed by atoms with Crippen molar-refractivity contribution < 1.29 is 14.3 Å². The summed E-state index contributed by atoms with van der Waals surface area (Å²) in [7, 11) is 1.58. The number of carbonyl (C=O) groups is 1. The number of benzene rings is 3. The number of anilines is 2. The van der Waals surface area contributed by atoms with Crippen LogP contribution in [0.25, 0.3) is 22.0 Å². The van der Waals surface area contributed by atoms with Gasteiger partial charge < -0.3 is 25.4 Å². The SMILES string of the molecule is CCN(CC)CCOc1ccc(OC)c(NC(=O)c2ccc(C)c(-c3ccc4nc(N)ncc4c3)c2)c1. The van der Waals surface area contributed by atoms with E-state index in [9.17, 15) is 4.79 Å². The number of likely N-dealkylation sites (N-methyl/N-ethyl adjacent to an activating group) is 1. The molecule has 0 spiro atoms. The number of aromatic nitrogens is 2. The lowest BCUT2D eigenvalue weighted by Gasteiger charge is -2.18. The van der Waals surface area contributed by atoms with Gasteiger partial charge >= 0.3 is 0 Å². The highest BCUT2D eigenvalue weighted by atomic mass is 16.5. The molecule has 0 aliphatic heterocycles. The van der Waals surface area contributed by atoms with Crippen molar-refractivity contribution in [3.8, 4) is 22.6 Å². The summed E-state index contributed by atoms with van der Waals surface area (Å²) in [6.07, 6.45) is 1.70. The maximum absolute atomic E-state index is 13.3. The molecule has 37 heavy (non-hydrogen) atoms. The highest BCUT2D eigenvalue weighted by Crippen LogP contribution is 2.31. The normalized spacial score (nSPS) is 11.1. The van der Waals surface area contributed by atoms with Gasteiger partial charge in [-0.25, -0.2) is 9.97 Å². The average molecular weight is 500 g/mol. The fraction of sp³-hybridized carbons (Fsp3) is 0.276. The van der Waals surface area contributed by atoms with E-state index >= 15 is 0 Å². The van der Waals surface area contributed by atoms with Crippen LogP contribution in [0.3, 0.4) is 0 Å². The van der Waals surface area contributed by atoms with Crippen LogP contribution in [0.2, 0.25) is 0 Å². The molecule has 0 aliphatic rings. The van der Waals surface area contributed by atoms with Crippen LogP contribution in [0.1, 0.15) is 29.8 Å². The summed E-state index contributed by atoms with van der Waals surface area (Å²) in [6, 6.07) is 17.0. The van der Waals surface area contributed by atoms with Crippen molar-refractivity contribution in [2.75, 3.05) is 44.4 Å². The van der Waals surface area contributed by atoms with Crippen LogP contribution in [-0.2, 0) is 0 Å². The Labute approximate surface area is 217 Å². The highest BCUT2D eigenvalue weighted by molar-refractivity contribution is 6.06. The van der Waals surface area contributed by atoms with Crippen LogP contribution in [0, 0.1) is 6.92 Å². The third-order valence-corrected chi connectivity index (χ3v) is 6.40. The van der Waals surface area contributed by atoms with Gasteiger partial charge in [-0.05, 0) is 73.1 Å². The largest absolute Gasteiger partial charge is 0.495 e. The molecular weight excluding hydrogens is 466 g/mol. The number of hydrogen-bond acceptors (Lipinski definition) is 7. The predicted octanol–water partition coefficient (Wildman–Crippen LogP) is 5.17. The van der Waals surface area contributed by atoms with Gasteiger partial charge in [-0.1, -0.05) is 26.0 Å². The molecule has 0 fully saturated rings. The summed E-state index contributed by atoms with van der Waals surface area (Å²) >= 11 is 0. The summed E-state index contributed by atoms with van der Waals surface area (Å²) in [4.78, 5) is 23.9. The van der Waals surface area contributed by atoms with E-state index in [0.717, 1.165) is 47.2 Å². The fourth-order valence-electron chi connectivity index (χ4n) is 4.19. The van der Waals surface area contributed by atoms with Crippen molar-refractivity contribution in [3.05, 3.63) is 71.9 Å². The Morgan fingerprint density at radius 3 is 2.62 bits per heavy atom. The first-order valence-electron chi connectivity index (χ1n) is 12.4. The lowest BCUT2D eigenvalue weighted by Crippen LogP contribution is -2.27. The van der Waals surface area contributed by atoms with E-state index in [2.05, 4.69) is 34.0 Å². The third kappa shape index (κ3) is 6.16. The van der Waals surface area contributed by atoms with Crippen molar-refractivity contribution >= 4 is 28.4 Å². The Balaban J connectivity index is 1.55. The Kier molecular flexibility index (Phi) is 8.20. The number of carbonyl (C=O) groups excluding carboxylic acids is 1. The van der Waals surface area contributed by atoms with Gasteiger partial charge in [0, 0.05) is 29.8 Å². The van der Waals surface area contributed by atoms with Crippen LogP contribution in [0.15, 0.2) is 60.8 Å². The first-order chi connectivity index (χ1) is 17.9. The first-order valence-corrected chi connectivity index (χ1v) is 12.4. The molecule has 0 saturated carbocycles. The first kappa shape index (κ1) is 25.9. The zero-order valence-electron chi connectivity index (χ0n) is 21.7. The number of fused-ring (bicyclic) bond motifs is 1. The number of aryl methyl sites for hydroxylation is 1. The number of amides is 1.